The van der Waals surface area contributed by atoms with Gasteiger partial charge in [0.1, 0.15) is 0 Å². The normalized spacial score (nSPS) is 27.7. The number of hydrogen-bond donors (Lipinski definition) is 1. The van der Waals surface area contributed by atoms with Crippen molar-refractivity contribution in [1.82, 2.24) is 5.32 Å². The second-order valence-electron chi connectivity index (χ2n) is 5.75. The zero-order chi connectivity index (χ0) is 13.7. The van der Waals surface area contributed by atoms with Crippen LogP contribution < -0.4 is 5.32 Å². The molecule has 19 heavy (non-hydrogen) atoms. The minimum Gasteiger partial charge on any atom is -0.308 e. The van der Waals surface area contributed by atoms with Crippen LogP contribution >= 0.6 is 15.9 Å². The summed E-state index contributed by atoms with van der Waals surface area (Å²) in [6.45, 7) is 3.20. The minimum absolute atomic E-state index is 0.0234. The van der Waals surface area contributed by atoms with E-state index in [-0.39, 0.29) is 10.8 Å². The van der Waals surface area contributed by atoms with Crippen molar-refractivity contribution in [3.63, 3.8) is 0 Å². The summed E-state index contributed by atoms with van der Waals surface area (Å²) in [5, 5.41) is 3.34. The van der Waals surface area contributed by atoms with Gasteiger partial charge in [-0.3, -0.25) is 0 Å². The average molecular weight is 344 g/mol. The Morgan fingerprint density at radius 1 is 1.37 bits per heavy atom. The van der Waals surface area contributed by atoms with Gasteiger partial charge in [0, 0.05) is 10.0 Å². The third-order valence-electron chi connectivity index (χ3n) is 4.21. The fourth-order valence-electron chi connectivity index (χ4n) is 2.77. The molecule has 1 heterocycles. The molecule has 1 aromatic carbocycles. The Bertz CT molecular complexity index is 602. The Morgan fingerprint density at radius 3 is 2.63 bits per heavy atom. The summed E-state index contributed by atoms with van der Waals surface area (Å²) >= 11 is 3.44. The van der Waals surface area contributed by atoms with Crippen molar-refractivity contribution in [3.05, 3.63) is 28.2 Å². The summed E-state index contributed by atoms with van der Waals surface area (Å²) in [7, 11) is -3.12. The highest BCUT2D eigenvalue weighted by molar-refractivity contribution is 9.10. The van der Waals surface area contributed by atoms with Crippen molar-refractivity contribution in [2.45, 2.75) is 48.3 Å². The first-order valence-electron chi connectivity index (χ1n) is 6.72. The van der Waals surface area contributed by atoms with E-state index in [0.717, 1.165) is 37.8 Å². The van der Waals surface area contributed by atoms with E-state index in [1.165, 1.54) is 0 Å². The molecule has 104 valence electrons. The van der Waals surface area contributed by atoms with Gasteiger partial charge < -0.3 is 5.32 Å². The monoisotopic (exact) mass is 343 g/mol. The van der Waals surface area contributed by atoms with Gasteiger partial charge in [-0.2, -0.15) is 0 Å². The van der Waals surface area contributed by atoms with Gasteiger partial charge in [0.25, 0.3) is 0 Å². The van der Waals surface area contributed by atoms with Gasteiger partial charge >= 0.3 is 0 Å². The largest absolute Gasteiger partial charge is 0.308 e. The smallest absolute Gasteiger partial charge is 0.182 e. The van der Waals surface area contributed by atoms with Crippen molar-refractivity contribution < 1.29 is 8.42 Å². The Hall–Kier alpha value is -0.390. The summed E-state index contributed by atoms with van der Waals surface area (Å²) in [4.78, 5) is 0.445. The topological polar surface area (TPSA) is 46.2 Å². The second kappa shape index (κ2) is 4.57. The molecule has 3 nitrogen and oxygen atoms in total. The maximum absolute atomic E-state index is 12.3. The van der Waals surface area contributed by atoms with Crippen LogP contribution in [0.25, 0.3) is 0 Å². The van der Waals surface area contributed by atoms with Crippen LogP contribution in [-0.2, 0) is 15.4 Å². The molecule has 3 rings (SSSR count). The van der Waals surface area contributed by atoms with E-state index in [9.17, 15) is 8.42 Å². The van der Waals surface area contributed by atoms with Gasteiger partial charge in [-0.05, 0) is 72.8 Å². The average Bonchev–Trinajstić information content (AvgIpc) is 3.13. The number of benzene rings is 1. The highest BCUT2D eigenvalue weighted by Gasteiger charge is 2.38. The predicted molar refractivity (Wildman–Crippen MR) is 78.9 cm³/mol. The molecule has 1 aromatic rings. The minimum atomic E-state index is -3.12. The molecule has 1 N–H and O–H groups in total. The lowest BCUT2D eigenvalue weighted by atomic mass is 9.91. The molecular weight excluding hydrogens is 326 g/mol. The standard InChI is InChI=1S/C14H18BrNO2S/c1-14(7-2-8-16-14)10-3-6-13(12(15)9-10)19(17,18)11-4-5-11/h3,6,9,11,16H,2,4-5,7-8H2,1H3. The first kappa shape index (κ1) is 13.6. The molecule has 0 radical (unpaired) electrons. The van der Waals surface area contributed by atoms with E-state index in [1.54, 1.807) is 6.07 Å². The van der Waals surface area contributed by atoms with Crippen molar-refractivity contribution >= 4 is 25.8 Å². The summed E-state index contributed by atoms with van der Waals surface area (Å²) < 4.78 is 25.3. The lowest BCUT2D eigenvalue weighted by molar-refractivity contribution is 0.434. The highest BCUT2D eigenvalue weighted by Crippen LogP contribution is 2.39. The quantitative estimate of drug-likeness (QED) is 0.917. The van der Waals surface area contributed by atoms with E-state index < -0.39 is 9.84 Å². The molecule has 2 fully saturated rings. The zero-order valence-corrected chi connectivity index (χ0v) is 13.4. The van der Waals surface area contributed by atoms with E-state index in [2.05, 4.69) is 28.2 Å². The van der Waals surface area contributed by atoms with Crippen molar-refractivity contribution in [3.8, 4) is 0 Å². The molecule has 1 aliphatic carbocycles. The van der Waals surface area contributed by atoms with Crippen LogP contribution in [0.15, 0.2) is 27.6 Å². The lowest BCUT2D eigenvalue weighted by Crippen LogP contribution is -2.33. The van der Waals surface area contributed by atoms with E-state index in [4.69, 9.17) is 0 Å². The van der Waals surface area contributed by atoms with Gasteiger partial charge in [-0.25, -0.2) is 8.42 Å². The molecule has 0 aromatic heterocycles. The third kappa shape index (κ3) is 2.36. The molecule has 1 saturated heterocycles. The van der Waals surface area contributed by atoms with E-state index >= 15 is 0 Å². The van der Waals surface area contributed by atoms with Crippen LogP contribution in [0.2, 0.25) is 0 Å². The van der Waals surface area contributed by atoms with Crippen LogP contribution in [-0.4, -0.2) is 20.2 Å². The number of nitrogens with one attached hydrogen (secondary N) is 1. The van der Waals surface area contributed by atoms with Crippen molar-refractivity contribution in [1.29, 1.82) is 0 Å². The maximum atomic E-state index is 12.3. The zero-order valence-electron chi connectivity index (χ0n) is 10.9. The Balaban J connectivity index is 1.98. The van der Waals surface area contributed by atoms with Gasteiger partial charge in [-0.1, -0.05) is 6.07 Å². The molecule has 1 aliphatic heterocycles. The van der Waals surface area contributed by atoms with Gasteiger partial charge in [0.05, 0.1) is 10.1 Å². The highest BCUT2D eigenvalue weighted by atomic mass is 79.9. The molecule has 0 bridgehead atoms. The van der Waals surface area contributed by atoms with Crippen LogP contribution in [0.4, 0.5) is 0 Å². The molecule has 1 atom stereocenters. The Kier molecular flexibility index (Phi) is 3.27. The SMILES string of the molecule is CC1(c2ccc(S(=O)(=O)C3CC3)c(Br)c2)CCCN1. The summed E-state index contributed by atoms with van der Waals surface area (Å²) in [6.07, 6.45) is 3.86. The summed E-state index contributed by atoms with van der Waals surface area (Å²) in [5.41, 5.74) is 1.14. The van der Waals surface area contributed by atoms with Gasteiger partial charge in [0.15, 0.2) is 9.84 Å². The molecule has 1 unspecified atom stereocenters. The number of hydrogen-bond acceptors (Lipinski definition) is 3. The number of halogens is 1. The lowest BCUT2D eigenvalue weighted by Gasteiger charge is -2.25. The third-order valence-corrected chi connectivity index (χ3v) is 7.44. The predicted octanol–water partition coefficient (Wildman–Crippen LogP) is 2.98. The first-order valence-corrected chi connectivity index (χ1v) is 9.06. The van der Waals surface area contributed by atoms with Crippen LogP contribution in [0.5, 0.6) is 0 Å². The molecule has 0 spiro atoms. The number of rotatable bonds is 3. The second-order valence-corrected chi connectivity index (χ2v) is 8.80. The molecule has 2 aliphatic rings. The van der Waals surface area contributed by atoms with Crippen molar-refractivity contribution in [2.75, 3.05) is 6.54 Å². The van der Waals surface area contributed by atoms with Gasteiger partial charge in [-0.15, -0.1) is 0 Å². The van der Waals surface area contributed by atoms with Crippen molar-refractivity contribution in [2.24, 2.45) is 0 Å². The first-order chi connectivity index (χ1) is 8.93. The molecular formula is C14H18BrNO2S. The fourth-order valence-corrected chi connectivity index (χ4v) is 5.53. The Labute approximate surface area is 122 Å². The van der Waals surface area contributed by atoms with Crippen LogP contribution in [0.1, 0.15) is 38.2 Å². The summed E-state index contributed by atoms with van der Waals surface area (Å²) in [6, 6.07) is 5.68. The molecule has 5 heteroatoms. The van der Waals surface area contributed by atoms with E-state index in [0.29, 0.717) is 9.37 Å². The fraction of sp³-hybridized carbons (Fsp3) is 0.571. The molecule has 1 saturated carbocycles. The van der Waals surface area contributed by atoms with Crippen LogP contribution in [0, 0.1) is 0 Å². The van der Waals surface area contributed by atoms with E-state index in [1.807, 2.05) is 12.1 Å². The molecule has 0 amide bonds. The number of sulfone groups is 1. The van der Waals surface area contributed by atoms with Crippen LogP contribution in [0.3, 0.4) is 0 Å². The summed E-state index contributed by atoms with van der Waals surface area (Å²) in [5.74, 6) is 0. The Morgan fingerprint density at radius 2 is 2.11 bits per heavy atom. The maximum Gasteiger partial charge on any atom is 0.182 e. The van der Waals surface area contributed by atoms with Gasteiger partial charge in [0.2, 0.25) is 0 Å².